The number of para-hydroxylation sites is 2. The Morgan fingerprint density at radius 3 is 2.39 bits per heavy atom. The van der Waals surface area contributed by atoms with Gasteiger partial charge in [0.15, 0.2) is 0 Å². The molecule has 1 aliphatic rings. The van der Waals surface area contributed by atoms with Crippen molar-refractivity contribution in [3.63, 3.8) is 0 Å². The summed E-state index contributed by atoms with van der Waals surface area (Å²) in [5.41, 5.74) is 9.83. The van der Waals surface area contributed by atoms with Gasteiger partial charge >= 0.3 is 11.8 Å². The molecular formula is C28H33N5O3. The first kappa shape index (κ1) is 25.0. The number of carbonyl (C=O) groups is 2. The first-order valence-electron chi connectivity index (χ1n) is 12.1. The quantitative estimate of drug-likeness (QED) is 0.339. The molecule has 0 aliphatic carbocycles. The van der Waals surface area contributed by atoms with E-state index in [1.54, 1.807) is 18.2 Å². The second-order valence-corrected chi connectivity index (χ2v) is 9.10. The summed E-state index contributed by atoms with van der Waals surface area (Å²) in [6, 6.07) is 16.2. The highest BCUT2D eigenvalue weighted by Crippen LogP contribution is 2.28. The molecule has 1 fully saturated rings. The highest BCUT2D eigenvalue weighted by Gasteiger charge is 2.27. The van der Waals surface area contributed by atoms with Crippen LogP contribution in [-0.2, 0) is 9.59 Å². The minimum Gasteiger partial charge on any atom is -0.495 e. The lowest BCUT2D eigenvalue weighted by Gasteiger charge is -2.36. The van der Waals surface area contributed by atoms with Gasteiger partial charge < -0.3 is 19.1 Å². The first-order valence-corrected chi connectivity index (χ1v) is 12.1. The van der Waals surface area contributed by atoms with E-state index in [0.29, 0.717) is 26.2 Å². The molecule has 0 radical (unpaired) electrons. The van der Waals surface area contributed by atoms with Crippen LogP contribution in [-0.4, -0.2) is 60.8 Å². The summed E-state index contributed by atoms with van der Waals surface area (Å²) in [6.45, 7) is 10.4. The number of methoxy groups -OCH3 is 1. The fourth-order valence-electron chi connectivity index (χ4n) is 4.64. The molecule has 3 aromatic rings. The summed E-state index contributed by atoms with van der Waals surface area (Å²) < 4.78 is 7.62. The zero-order chi connectivity index (χ0) is 25.8. The topological polar surface area (TPSA) is 79.2 Å². The van der Waals surface area contributed by atoms with Gasteiger partial charge in [0.1, 0.15) is 5.75 Å². The van der Waals surface area contributed by atoms with Crippen molar-refractivity contribution in [1.29, 1.82) is 0 Å². The van der Waals surface area contributed by atoms with Gasteiger partial charge in [-0.3, -0.25) is 9.59 Å². The fraction of sp³-hybridized carbons (Fsp3) is 0.321. The van der Waals surface area contributed by atoms with Crippen molar-refractivity contribution < 1.29 is 14.3 Å². The van der Waals surface area contributed by atoms with Crippen molar-refractivity contribution in [1.82, 2.24) is 14.9 Å². The number of rotatable bonds is 5. The number of amides is 2. The van der Waals surface area contributed by atoms with Crippen LogP contribution in [0.25, 0.3) is 5.69 Å². The maximum absolute atomic E-state index is 12.7. The number of hydrazone groups is 1. The summed E-state index contributed by atoms with van der Waals surface area (Å²) >= 11 is 0. The minimum absolute atomic E-state index is 0.449. The van der Waals surface area contributed by atoms with Crippen molar-refractivity contribution in [3.05, 3.63) is 76.6 Å². The van der Waals surface area contributed by atoms with E-state index in [2.05, 4.69) is 52.0 Å². The predicted octanol–water partition coefficient (Wildman–Crippen LogP) is 3.52. The van der Waals surface area contributed by atoms with Crippen LogP contribution in [0.15, 0.2) is 53.6 Å². The Kier molecular flexibility index (Phi) is 7.43. The number of hydrogen-bond acceptors (Lipinski definition) is 5. The number of hydrogen-bond donors (Lipinski definition) is 1. The zero-order valence-electron chi connectivity index (χ0n) is 21.5. The minimum atomic E-state index is -0.736. The standard InChI is InChI=1S/C28H33N5O3/c1-19-10-11-20(2)25(16-19)33-21(3)17-23(22(33)4)18-29-30-27(34)28(35)32-14-12-31(13-15-32)24-8-6-7-9-26(24)36-5/h6-11,16-18H,12-15H2,1-5H3,(H,30,34)/b29-18-. The van der Waals surface area contributed by atoms with Crippen molar-refractivity contribution in [2.24, 2.45) is 5.10 Å². The predicted molar refractivity (Wildman–Crippen MR) is 142 cm³/mol. The molecule has 2 aromatic carbocycles. The van der Waals surface area contributed by atoms with Crippen LogP contribution in [0.3, 0.4) is 0 Å². The second kappa shape index (κ2) is 10.7. The number of ether oxygens (including phenoxy) is 1. The Morgan fingerprint density at radius 2 is 1.67 bits per heavy atom. The van der Waals surface area contributed by atoms with Crippen LogP contribution >= 0.6 is 0 Å². The third-order valence-corrected chi connectivity index (χ3v) is 6.63. The lowest BCUT2D eigenvalue weighted by molar-refractivity contribution is -0.146. The average Bonchev–Trinajstić information content (AvgIpc) is 3.17. The molecule has 0 unspecified atom stereocenters. The van der Waals surface area contributed by atoms with Gasteiger partial charge in [-0.1, -0.05) is 24.3 Å². The van der Waals surface area contributed by atoms with E-state index in [1.807, 2.05) is 44.2 Å². The van der Waals surface area contributed by atoms with E-state index in [1.165, 1.54) is 11.1 Å². The number of aromatic nitrogens is 1. The number of aryl methyl sites for hydroxylation is 3. The Morgan fingerprint density at radius 1 is 0.944 bits per heavy atom. The third kappa shape index (κ3) is 5.12. The SMILES string of the molecule is COc1ccccc1N1CCN(C(=O)C(=O)N/N=C\c2cc(C)n(-c3cc(C)ccc3C)c2C)CC1. The van der Waals surface area contributed by atoms with Crippen LogP contribution < -0.4 is 15.1 Å². The van der Waals surface area contributed by atoms with Gasteiger partial charge in [-0.25, -0.2) is 5.43 Å². The Balaban J connectivity index is 1.37. The van der Waals surface area contributed by atoms with Gasteiger partial charge in [-0.15, -0.1) is 0 Å². The molecule has 4 rings (SSSR count). The van der Waals surface area contributed by atoms with Gasteiger partial charge in [-0.05, 0) is 63.1 Å². The maximum Gasteiger partial charge on any atom is 0.329 e. The monoisotopic (exact) mass is 487 g/mol. The van der Waals surface area contributed by atoms with E-state index in [0.717, 1.165) is 34.1 Å². The molecule has 1 N–H and O–H groups in total. The maximum atomic E-state index is 12.7. The molecule has 36 heavy (non-hydrogen) atoms. The van der Waals surface area contributed by atoms with E-state index in [-0.39, 0.29) is 0 Å². The lowest BCUT2D eigenvalue weighted by atomic mass is 10.1. The van der Waals surface area contributed by atoms with E-state index < -0.39 is 11.8 Å². The number of nitrogens with zero attached hydrogens (tertiary/aromatic N) is 4. The highest BCUT2D eigenvalue weighted by atomic mass is 16.5. The Bertz CT molecular complexity index is 1300. The van der Waals surface area contributed by atoms with Gasteiger partial charge in [0, 0.05) is 48.8 Å². The van der Waals surface area contributed by atoms with E-state index in [9.17, 15) is 9.59 Å². The summed E-state index contributed by atoms with van der Waals surface area (Å²) in [5.74, 6) is -0.519. The van der Waals surface area contributed by atoms with Crippen LogP contribution in [0.4, 0.5) is 5.69 Å². The summed E-state index contributed by atoms with van der Waals surface area (Å²) in [4.78, 5) is 28.9. The van der Waals surface area contributed by atoms with Crippen molar-refractivity contribution in [3.8, 4) is 11.4 Å². The Labute approximate surface area is 212 Å². The van der Waals surface area contributed by atoms with Gasteiger partial charge in [0.25, 0.3) is 0 Å². The molecule has 0 spiro atoms. The normalized spacial score (nSPS) is 13.8. The van der Waals surface area contributed by atoms with Crippen molar-refractivity contribution in [2.45, 2.75) is 27.7 Å². The molecule has 2 amide bonds. The molecule has 1 aromatic heterocycles. The number of nitrogens with one attached hydrogen (secondary N) is 1. The highest BCUT2D eigenvalue weighted by molar-refractivity contribution is 6.35. The molecule has 1 aliphatic heterocycles. The molecule has 1 saturated heterocycles. The average molecular weight is 488 g/mol. The molecule has 2 heterocycles. The molecule has 0 bridgehead atoms. The van der Waals surface area contributed by atoms with Gasteiger partial charge in [-0.2, -0.15) is 5.10 Å². The largest absolute Gasteiger partial charge is 0.495 e. The van der Waals surface area contributed by atoms with Crippen LogP contribution in [0.5, 0.6) is 5.75 Å². The molecule has 0 atom stereocenters. The molecule has 0 saturated carbocycles. The first-order chi connectivity index (χ1) is 17.3. The molecule has 8 heteroatoms. The number of carbonyl (C=O) groups excluding carboxylic acids is 2. The summed E-state index contributed by atoms with van der Waals surface area (Å²) in [6.07, 6.45) is 1.59. The summed E-state index contributed by atoms with van der Waals surface area (Å²) in [5, 5.41) is 4.08. The van der Waals surface area contributed by atoms with Crippen LogP contribution in [0, 0.1) is 27.7 Å². The second-order valence-electron chi connectivity index (χ2n) is 9.10. The smallest absolute Gasteiger partial charge is 0.329 e. The molecule has 8 nitrogen and oxygen atoms in total. The zero-order valence-corrected chi connectivity index (χ0v) is 21.5. The van der Waals surface area contributed by atoms with Crippen molar-refractivity contribution in [2.75, 3.05) is 38.2 Å². The summed E-state index contributed by atoms with van der Waals surface area (Å²) in [7, 11) is 1.64. The lowest BCUT2D eigenvalue weighted by Crippen LogP contribution is -2.52. The van der Waals surface area contributed by atoms with E-state index >= 15 is 0 Å². The number of benzene rings is 2. The van der Waals surface area contributed by atoms with Crippen LogP contribution in [0.2, 0.25) is 0 Å². The molecular weight excluding hydrogens is 454 g/mol. The van der Waals surface area contributed by atoms with Gasteiger partial charge in [0.05, 0.1) is 19.0 Å². The van der Waals surface area contributed by atoms with E-state index in [4.69, 9.17) is 4.74 Å². The third-order valence-electron chi connectivity index (χ3n) is 6.63. The fourth-order valence-corrected chi connectivity index (χ4v) is 4.64. The van der Waals surface area contributed by atoms with Crippen LogP contribution in [0.1, 0.15) is 28.1 Å². The molecule has 188 valence electrons. The number of anilines is 1. The van der Waals surface area contributed by atoms with Crippen molar-refractivity contribution >= 4 is 23.7 Å². The van der Waals surface area contributed by atoms with Gasteiger partial charge in [0.2, 0.25) is 0 Å². The Hall–Kier alpha value is -4.07. The number of piperazine rings is 1.